The molecule has 0 aliphatic carbocycles. The van der Waals surface area contributed by atoms with Gasteiger partial charge in [-0.2, -0.15) is 0 Å². The lowest BCUT2D eigenvalue weighted by molar-refractivity contribution is -0.115. The van der Waals surface area contributed by atoms with Gasteiger partial charge < -0.3 is 5.32 Å². The Morgan fingerprint density at radius 1 is 0.844 bits per heavy atom. The molecule has 160 valence electrons. The summed E-state index contributed by atoms with van der Waals surface area (Å²) in [4.78, 5) is 17.1. The van der Waals surface area contributed by atoms with Crippen LogP contribution >= 0.6 is 35.0 Å². The highest BCUT2D eigenvalue weighted by atomic mass is 35.5. The number of halogens is 2. The van der Waals surface area contributed by atoms with Crippen LogP contribution in [0.1, 0.15) is 6.42 Å². The number of hydrogen-bond acceptors (Lipinski definition) is 5. The van der Waals surface area contributed by atoms with Crippen LogP contribution in [0.5, 0.6) is 0 Å². The monoisotopic (exact) mass is 480 g/mol. The maximum atomic E-state index is 12.3. The molecule has 1 heterocycles. The van der Waals surface area contributed by atoms with Gasteiger partial charge in [-0.1, -0.05) is 95.6 Å². The van der Waals surface area contributed by atoms with Crippen LogP contribution in [0.2, 0.25) is 10.0 Å². The molecule has 0 atom stereocenters. The van der Waals surface area contributed by atoms with Crippen molar-refractivity contribution < 1.29 is 4.79 Å². The second-order valence-electron chi connectivity index (χ2n) is 6.79. The van der Waals surface area contributed by atoms with E-state index in [2.05, 4.69) is 15.5 Å². The van der Waals surface area contributed by atoms with Crippen LogP contribution in [-0.2, 0) is 4.79 Å². The molecule has 3 aromatic carbocycles. The third-order valence-corrected chi connectivity index (χ3v) is 5.93. The second kappa shape index (κ2) is 10.6. The summed E-state index contributed by atoms with van der Waals surface area (Å²) < 4.78 is 0. The van der Waals surface area contributed by atoms with Crippen LogP contribution < -0.4 is 5.32 Å². The molecule has 1 amide bonds. The van der Waals surface area contributed by atoms with Gasteiger partial charge in [-0.3, -0.25) is 4.79 Å². The molecule has 0 saturated carbocycles. The summed E-state index contributed by atoms with van der Waals surface area (Å²) in [5.41, 5.74) is 3.86. The smallest absolute Gasteiger partial charge is 0.225 e. The molecule has 4 rings (SSSR count). The predicted octanol–water partition coefficient (Wildman–Crippen LogP) is 6.63. The minimum atomic E-state index is -0.168. The molecular weight excluding hydrogens is 463 g/mol. The summed E-state index contributed by atoms with van der Waals surface area (Å²) in [6, 6.07) is 24.6. The molecule has 0 radical (unpaired) electrons. The van der Waals surface area contributed by atoms with Gasteiger partial charge in [0.05, 0.1) is 10.7 Å². The van der Waals surface area contributed by atoms with Crippen LogP contribution in [0.15, 0.2) is 84.0 Å². The first-order chi connectivity index (χ1) is 15.6. The van der Waals surface area contributed by atoms with Crippen molar-refractivity contribution >= 4 is 46.6 Å². The molecule has 8 heteroatoms. The normalized spacial score (nSPS) is 10.7. The highest BCUT2D eigenvalue weighted by molar-refractivity contribution is 7.99. The van der Waals surface area contributed by atoms with Crippen molar-refractivity contribution in [1.82, 2.24) is 15.2 Å². The van der Waals surface area contributed by atoms with E-state index < -0.39 is 0 Å². The van der Waals surface area contributed by atoms with E-state index in [1.54, 1.807) is 18.2 Å². The topological polar surface area (TPSA) is 67.8 Å². The maximum absolute atomic E-state index is 12.3. The van der Waals surface area contributed by atoms with E-state index in [1.165, 1.54) is 11.8 Å². The Labute approximate surface area is 200 Å². The molecule has 1 aromatic heterocycles. The van der Waals surface area contributed by atoms with Crippen molar-refractivity contribution in [2.24, 2.45) is 0 Å². The predicted molar refractivity (Wildman–Crippen MR) is 131 cm³/mol. The van der Waals surface area contributed by atoms with Crippen LogP contribution in [0.4, 0.5) is 5.69 Å². The molecule has 32 heavy (non-hydrogen) atoms. The quantitative estimate of drug-likeness (QED) is 0.300. The third kappa shape index (κ3) is 5.65. The number of aromatic nitrogens is 3. The lowest BCUT2D eigenvalue weighted by atomic mass is 10.0. The van der Waals surface area contributed by atoms with Gasteiger partial charge in [0, 0.05) is 28.3 Å². The van der Waals surface area contributed by atoms with Gasteiger partial charge in [0.25, 0.3) is 0 Å². The number of nitrogens with zero attached hydrogens (tertiary/aromatic N) is 3. The highest BCUT2D eigenvalue weighted by Crippen LogP contribution is 2.30. The van der Waals surface area contributed by atoms with Crippen molar-refractivity contribution in [2.75, 3.05) is 11.1 Å². The minimum absolute atomic E-state index is 0.168. The first-order valence-corrected chi connectivity index (χ1v) is 11.6. The fraction of sp³-hybridized carbons (Fsp3) is 0.0833. The van der Waals surface area contributed by atoms with Crippen LogP contribution in [0.3, 0.4) is 0 Å². The van der Waals surface area contributed by atoms with Crippen LogP contribution in [0.25, 0.3) is 22.5 Å². The number of benzene rings is 3. The van der Waals surface area contributed by atoms with Gasteiger partial charge in [0.1, 0.15) is 11.4 Å². The van der Waals surface area contributed by atoms with E-state index in [0.717, 1.165) is 22.5 Å². The lowest BCUT2D eigenvalue weighted by Gasteiger charge is -2.10. The number of amides is 1. The Kier molecular flexibility index (Phi) is 7.37. The lowest BCUT2D eigenvalue weighted by Crippen LogP contribution is -2.12. The number of hydrogen-bond donors (Lipinski definition) is 1. The molecule has 5 nitrogen and oxygen atoms in total. The number of carbonyl (C=O) groups is 1. The van der Waals surface area contributed by atoms with Gasteiger partial charge in [0.2, 0.25) is 11.1 Å². The highest BCUT2D eigenvalue weighted by Gasteiger charge is 2.14. The van der Waals surface area contributed by atoms with Crippen molar-refractivity contribution in [3.63, 3.8) is 0 Å². The SMILES string of the molecule is O=C(CCSc1nnc(-c2ccccc2)c(-c2ccccc2)n1)Nc1cc(Cl)ccc1Cl. The summed E-state index contributed by atoms with van der Waals surface area (Å²) in [5.74, 6) is 0.323. The van der Waals surface area contributed by atoms with Crippen LogP contribution in [0, 0.1) is 0 Å². The zero-order valence-electron chi connectivity index (χ0n) is 16.8. The zero-order valence-corrected chi connectivity index (χ0v) is 19.2. The first-order valence-electron chi connectivity index (χ1n) is 9.83. The average Bonchev–Trinajstić information content (AvgIpc) is 2.82. The molecular formula is C24H18Cl2N4OS. The van der Waals surface area contributed by atoms with Gasteiger partial charge in [-0.05, 0) is 18.2 Å². The number of anilines is 1. The molecule has 0 aliphatic heterocycles. The summed E-state index contributed by atoms with van der Waals surface area (Å²) in [5, 5.41) is 13.0. The Balaban J connectivity index is 1.47. The Bertz CT molecular complexity index is 1220. The Hall–Kier alpha value is -2.93. The Morgan fingerprint density at radius 3 is 2.19 bits per heavy atom. The van der Waals surface area contributed by atoms with Gasteiger partial charge in [0.15, 0.2) is 0 Å². The fourth-order valence-corrected chi connectivity index (χ4v) is 4.06. The first kappa shape index (κ1) is 22.3. The molecule has 0 spiro atoms. The molecule has 0 aliphatic rings. The standard InChI is InChI=1S/C24H18Cl2N4OS/c25-18-11-12-19(26)20(15-18)27-21(31)13-14-32-24-28-22(16-7-3-1-4-8-16)23(29-30-24)17-9-5-2-6-10-17/h1-12,15H,13-14H2,(H,27,31). The molecule has 0 unspecified atom stereocenters. The van der Waals surface area contributed by atoms with Crippen LogP contribution in [-0.4, -0.2) is 26.8 Å². The summed E-state index contributed by atoms with van der Waals surface area (Å²) in [6.07, 6.45) is 0.262. The van der Waals surface area contributed by atoms with Gasteiger partial charge in [-0.15, -0.1) is 10.2 Å². The van der Waals surface area contributed by atoms with E-state index in [4.69, 9.17) is 28.2 Å². The number of thioether (sulfide) groups is 1. The van der Waals surface area contributed by atoms with E-state index in [0.29, 0.717) is 26.6 Å². The second-order valence-corrected chi connectivity index (χ2v) is 8.70. The fourth-order valence-electron chi connectivity index (χ4n) is 3.00. The molecule has 0 saturated heterocycles. The number of rotatable bonds is 7. The minimum Gasteiger partial charge on any atom is -0.325 e. The van der Waals surface area contributed by atoms with Crippen molar-refractivity contribution in [2.45, 2.75) is 11.6 Å². The van der Waals surface area contributed by atoms with Crippen molar-refractivity contribution in [3.05, 3.63) is 88.9 Å². The molecule has 4 aromatic rings. The molecule has 1 N–H and O–H groups in total. The van der Waals surface area contributed by atoms with Crippen molar-refractivity contribution in [1.29, 1.82) is 0 Å². The third-order valence-electron chi connectivity index (χ3n) is 4.52. The van der Waals surface area contributed by atoms with Gasteiger partial charge in [-0.25, -0.2) is 4.98 Å². The number of carbonyl (C=O) groups excluding carboxylic acids is 1. The largest absolute Gasteiger partial charge is 0.325 e. The Morgan fingerprint density at radius 2 is 1.50 bits per heavy atom. The van der Waals surface area contributed by atoms with Gasteiger partial charge >= 0.3 is 0 Å². The van der Waals surface area contributed by atoms with Crippen molar-refractivity contribution in [3.8, 4) is 22.5 Å². The summed E-state index contributed by atoms with van der Waals surface area (Å²) in [7, 11) is 0. The molecule has 0 bridgehead atoms. The summed E-state index contributed by atoms with van der Waals surface area (Å²) in [6.45, 7) is 0. The summed E-state index contributed by atoms with van der Waals surface area (Å²) >= 11 is 13.4. The zero-order chi connectivity index (χ0) is 22.3. The van der Waals surface area contributed by atoms with E-state index >= 15 is 0 Å². The van der Waals surface area contributed by atoms with E-state index in [1.807, 2.05) is 60.7 Å². The van der Waals surface area contributed by atoms with E-state index in [-0.39, 0.29) is 12.3 Å². The van der Waals surface area contributed by atoms with E-state index in [9.17, 15) is 4.79 Å². The molecule has 0 fully saturated rings. The number of nitrogens with one attached hydrogen (secondary N) is 1. The average molecular weight is 481 g/mol. The maximum Gasteiger partial charge on any atom is 0.225 e.